The molecule has 15 heavy (non-hydrogen) atoms. The standard InChI is InChI=1S/C13H21NO/c1-5-13(15)11-6-8-12(9-7-11)14(4)10(2)3/h6-10,13,15H,5H2,1-4H3/t13-/m0/s1. The van der Waals surface area contributed by atoms with Crippen molar-refractivity contribution in [1.82, 2.24) is 0 Å². The van der Waals surface area contributed by atoms with Gasteiger partial charge in [0.25, 0.3) is 0 Å². The summed E-state index contributed by atoms with van der Waals surface area (Å²) in [5.74, 6) is 0. The molecule has 0 unspecified atom stereocenters. The number of hydrogen-bond donors (Lipinski definition) is 1. The lowest BCUT2D eigenvalue weighted by molar-refractivity contribution is 0.173. The van der Waals surface area contributed by atoms with E-state index in [4.69, 9.17) is 0 Å². The van der Waals surface area contributed by atoms with E-state index in [0.29, 0.717) is 6.04 Å². The van der Waals surface area contributed by atoms with Gasteiger partial charge in [-0.1, -0.05) is 19.1 Å². The maximum absolute atomic E-state index is 9.65. The van der Waals surface area contributed by atoms with E-state index < -0.39 is 0 Å². The van der Waals surface area contributed by atoms with Crippen LogP contribution in [0.25, 0.3) is 0 Å². The van der Waals surface area contributed by atoms with Crippen molar-refractivity contribution in [2.75, 3.05) is 11.9 Å². The molecule has 0 radical (unpaired) electrons. The fourth-order valence-corrected chi connectivity index (χ4v) is 1.47. The molecule has 0 saturated carbocycles. The van der Waals surface area contributed by atoms with E-state index in [9.17, 15) is 5.11 Å². The van der Waals surface area contributed by atoms with Gasteiger partial charge in [-0.2, -0.15) is 0 Å². The van der Waals surface area contributed by atoms with Gasteiger partial charge in [0.2, 0.25) is 0 Å². The molecule has 2 heteroatoms. The number of hydrogen-bond acceptors (Lipinski definition) is 2. The summed E-state index contributed by atoms with van der Waals surface area (Å²) in [6.07, 6.45) is 0.433. The van der Waals surface area contributed by atoms with Crippen LogP contribution in [-0.2, 0) is 0 Å². The first-order valence-corrected chi connectivity index (χ1v) is 5.57. The molecule has 0 aliphatic heterocycles. The van der Waals surface area contributed by atoms with Gasteiger partial charge in [-0.15, -0.1) is 0 Å². The van der Waals surface area contributed by atoms with Crippen LogP contribution in [-0.4, -0.2) is 18.2 Å². The third kappa shape index (κ3) is 2.96. The molecule has 0 fully saturated rings. The van der Waals surface area contributed by atoms with Crippen LogP contribution in [0.3, 0.4) is 0 Å². The molecule has 0 amide bonds. The Balaban J connectivity index is 2.80. The van der Waals surface area contributed by atoms with Gasteiger partial charge in [-0.05, 0) is 38.0 Å². The topological polar surface area (TPSA) is 23.5 Å². The van der Waals surface area contributed by atoms with E-state index in [2.05, 4.69) is 37.9 Å². The van der Waals surface area contributed by atoms with Gasteiger partial charge in [0.1, 0.15) is 0 Å². The van der Waals surface area contributed by atoms with E-state index in [1.165, 1.54) is 5.69 Å². The minimum Gasteiger partial charge on any atom is -0.388 e. The first kappa shape index (κ1) is 12.1. The van der Waals surface area contributed by atoms with Gasteiger partial charge in [-0.25, -0.2) is 0 Å². The maximum Gasteiger partial charge on any atom is 0.0787 e. The van der Waals surface area contributed by atoms with Gasteiger partial charge in [0.05, 0.1) is 6.10 Å². The predicted octanol–water partition coefficient (Wildman–Crippen LogP) is 2.97. The fourth-order valence-electron chi connectivity index (χ4n) is 1.47. The van der Waals surface area contributed by atoms with Crippen molar-refractivity contribution in [2.45, 2.75) is 39.3 Å². The van der Waals surface area contributed by atoms with Crippen LogP contribution in [0.15, 0.2) is 24.3 Å². The first-order valence-electron chi connectivity index (χ1n) is 5.57. The molecule has 1 atom stereocenters. The molecule has 1 N–H and O–H groups in total. The molecule has 0 aliphatic rings. The van der Waals surface area contributed by atoms with Crippen molar-refractivity contribution in [3.8, 4) is 0 Å². The predicted molar refractivity (Wildman–Crippen MR) is 65.2 cm³/mol. The Morgan fingerprint density at radius 1 is 1.20 bits per heavy atom. The summed E-state index contributed by atoms with van der Waals surface area (Å²) < 4.78 is 0. The Hall–Kier alpha value is -1.02. The highest BCUT2D eigenvalue weighted by molar-refractivity contribution is 5.47. The van der Waals surface area contributed by atoms with E-state index in [-0.39, 0.29) is 6.10 Å². The van der Waals surface area contributed by atoms with Gasteiger partial charge >= 0.3 is 0 Å². The minimum absolute atomic E-state index is 0.330. The van der Waals surface area contributed by atoms with E-state index in [1.54, 1.807) is 0 Å². The highest BCUT2D eigenvalue weighted by Gasteiger charge is 2.07. The Kier molecular flexibility index (Phi) is 4.15. The zero-order valence-corrected chi connectivity index (χ0v) is 10.1. The molecule has 0 saturated heterocycles. The van der Waals surface area contributed by atoms with Crippen molar-refractivity contribution in [2.24, 2.45) is 0 Å². The number of anilines is 1. The number of aliphatic hydroxyl groups excluding tert-OH is 1. The van der Waals surface area contributed by atoms with Crippen LogP contribution in [0, 0.1) is 0 Å². The monoisotopic (exact) mass is 207 g/mol. The molecule has 0 spiro atoms. The SMILES string of the molecule is CC[C@H](O)c1ccc(N(C)C(C)C)cc1. The zero-order valence-electron chi connectivity index (χ0n) is 10.1. The largest absolute Gasteiger partial charge is 0.388 e. The van der Waals surface area contributed by atoms with Crippen LogP contribution in [0.4, 0.5) is 5.69 Å². The summed E-state index contributed by atoms with van der Waals surface area (Å²) in [5.41, 5.74) is 2.19. The van der Waals surface area contributed by atoms with Crippen LogP contribution >= 0.6 is 0 Å². The van der Waals surface area contributed by atoms with E-state index in [0.717, 1.165) is 12.0 Å². The number of benzene rings is 1. The molecule has 0 aromatic heterocycles. The van der Waals surface area contributed by atoms with Crippen molar-refractivity contribution >= 4 is 5.69 Å². The molecule has 2 nitrogen and oxygen atoms in total. The highest BCUT2D eigenvalue weighted by Crippen LogP contribution is 2.21. The molecule has 1 aromatic rings. The van der Waals surface area contributed by atoms with Gasteiger partial charge in [0, 0.05) is 18.8 Å². The Morgan fingerprint density at radius 3 is 2.13 bits per heavy atom. The van der Waals surface area contributed by atoms with Crippen LogP contribution < -0.4 is 4.90 Å². The van der Waals surface area contributed by atoms with E-state index >= 15 is 0 Å². The summed E-state index contributed by atoms with van der Waals surface area (Å²) in [6, 6.07) is 8.62. The molecule has 84 valence electrons. The molecule has 0 bridgehead atoms. The lowest BCUT2D eigenvalue weighted by Gasteiger charge is -2.24. The van der Waals surface area contributed by atoms with Crippen molar-refractivity contribution in [3.05, 3.63) is 29.8 Å². The molecular weight excluding hydrogens is 186 g/mol. The third-order valence-electron chi connectivity index (χ3n) is 2.85. The van der Waals surface area contributed by atoms with Gasteiger partial charge < -0.3 is 10.0 Å². The zero-order chi connectivity index (χ0) is 11.4. The number of rotatable bonds is 4. The summed E-state index contributed by atoms with van der Waals surface area (Å²) in [7, 11) is 2.08. The van der Waals surface area contributed by atoms with Gasteiger partial charge in [-0.3, -0.25) is 0 Å². The Labute approximate surface area is 92.5 Å². The molecular formula is C13H21NO. The Bertz CT molecular complexity index is 292. The van der Waals surface area contributed by atoms with Crippen LogP contribution in [0.2, 0.25) is 0 Å². The lowest BCUT2D eigenvalue weighted by atomic mass is 10.1. The number of aliphatic hydroxyl groups is 1. The molecule has 0 aliphatic carbocycles. The van der Waals surface area contributed by atoms with Crippen LogP contribution in [0.1, 0.15) is 38.9 Å². The first-order chi connectivity index (χ1) is 7.06. The molecule has 0 heterocycles. The smallest absolute Gasteiger partial charge is 0.0787 e. The van der Waals surface area contributed by atoms with E-state index in [1.807, 2.05) is 19.1 Å². The summed E-state index contributed by atoms with van der Waals surface area (Å²) in [6.45, 7) is 6.31. The summed E-state index contributed by atoms with van der Waals surface area (Å²) >= 11 is 0. The number of nitrogens with zero attached hydrogens (tertiary/aromatic N) is 1. The molecule has 1 rings (SSSR count). The van der Waals surface area contributed by atoms with Crippen molar-refractivity contribution in [3.63, 3.8) is 0 Å². The third-order valence-corrected chi connectivity index (χ3v) is 2.85. The van der Waals surface area contributed by atoms with Crippen LogP contribution in [0.5, 0.6) is 0 Å². The minimum atomic E-state index is -0.330. The van der Waals surface area contributed by atoms with Crippen molar-refractivity contribution in [1.29, 1.82) is 0 Å². The summed E-state index contributed by atoms with van der Waals surface area (Å²) in [5, 5.41) is 9.65. The fraction of sp³-hybridized carbons (Fsp3) is 0.538. The second-order valence-corrected chi connectivity index (χ2v) is 4.22. The average Bonchev–Trinajstić information content (AvgIpc) is 2.27. The molecule has 1 aromatic carbocycles. The second kappa shape index (κ2) is 5.17. The maximum atomic E-state index is 9.65. The average molecular weight is 207 g/mol. The Morgan fingerprint density at radius 2 is 1.73 bits per heavy atom. The quantitative estimate of drug-likeness (QED) is 0.820. The second-order valence-electron chi connectivity index (χ2n) is 4.22. The highest BCUT2D eigenvalue weighted by atomic mass is 16.3. The summed E-state index contributed by atoms with van der Waals surface area (Å²) in [4.78, 5) is 2.21. The van der Waals surface area contributed by atoms with Crippen molar-refractivity contribution < 1.29 is 5.11 Å². The van der Waals surface area contributed by atoms with Gasteiger partial charge in [0.15, 0.2) is 0 Å². The lowest BCUT2D eigenvalue weighted by Crippen LogP contribution is -2.25. The normalized spacial score (nSPS) is 12.9.